The average Bonchev–Trinajstić information content (AvgIpc) is 3.17. The van der Waals surface area contributed by atoms with Crippen LogP contribution in [-0.4, -0.2) is 48.1 Å². The predicted molar refractivity (Wildman–Crippen MR) is 123 cm³/mol. The third-order valence-corrected chi connectivity index (χ3v) is 7.27. The van der Waals surface area contributed by atoms with E-state index in [4.69, 9.17) is 0 Å². The van der Waals surface area contributed by atoms with Crippen LogP contribution in [0, 0.1) is 0 Å². The molecular weight excluding hydrogens is 464 g/mol. The van der Waals surface area contributed by atoms with Gasteiger partial charge < -0.3 is 9.88 Å². The van der Waals surface area contributed by atoms with Gasteiger partial charge in [-0.05, 0) is 35.7 Å². The van der Waals surface area contributed by atoms with Gasteiger partial charge in [-0.15, -0.1) is 0 Å². The van der Waals surface area contributed by atoms with Crippen molar-refractivity contribution in [3.63, 3.8) is 0 Å². The van der Waals surface area contributed by atoms with E-state index in [0.717, 1.165) is 39.9 Å². The number of fused-ring (bicyclic) bond motifs is 1. The molecule has 1 aliphatic heterocycles. The molecule has 1 aliphatic rings. The summed E-state index contributed by atoms with van der Waals surface area (Å²) in [5.41, 5.74) is 4.30. The van der Waals surface area contributed by atoms with E-state index >= 15 is 0 Å². The van der Waals surface area contributed by atoms with Gasteiger partial charge in [0.2, 0.25) is 10.0 Å². The minimum absolute atomic E-state index is 0.157. The van der Waals surface area contributed by atoms with Gasteiger partial charge in [0.05, 0.1) is 12.6 Å². The van der Waals surface area contributed by atoms with E-state index < -0.39 is 10.0 Å². The Labute approximate surface area is 186 Å². The summed E-state index contributed by atoms with van der Waals surface area (Å²) in [7, 11) is -3.38. The zero-order valence-electron chi connectivity index (χ0n) is 16.8. The van der Waals surface area contributed by atoms with Crippen LogP contribution in [0.4, 0.5) is 5.69 Å². The first-order valence-corrected chi connectivity index (χ1v) is 12.6. The number of imidazole rings is 1. The average molecular weight is 489 g/mol. The molecule has 0 radical (unpaired) electrons. The molecule has 0 saturated heterocycles. The molecule has 1 atom stereocenters. The Morgan fingerprint density at radius 3 is 2.70 bits per heavy atom. The summed E-state index contributed by atoms with van der Waals surface area (Å²) < 4.78 is 28.1. The lowest BCUT2D eigenvalue weighted by atomic mass is 10.1. The van der Waals surface area contributed by atoms with Crippen LogP contribution >= 0.6 is 15.9 Å². The number of halogens is 1. The Morgan fingerprint density at radius 2 is 2.00 bits per heavy atom. The molecule has 1 N–H and O–H groups in total. The summed E-state index contributed by atoms with van der Waals surface area (Å²) in [4.78, 5) is 9.57. The van der Waals surface area contributed by atoms with Gasteiger partial charge in [-0.2, -0.15) is 4.31 Å². The number of aromatic nitrogens is 2. The Balaban J connectivity index is 1.70. The minimum Gasteiger partial charge on any atom is -0.369 e. The number of rotatable bonds is 6. The highest BCUT2D eigenvalue weighted by molar-refractivity contribution is 9.10. The molecule has 0 fully saturated rings. The number of nitrogens with one attached hydrogen (secondary N) is 1. The fourth-order valence-corrected chi connectivity index (χ4v) is 5.52. The van der Waals surface area contributed by atoms with E-state index in [2.05, 4.69) is 49.0 Å². The fourth-order valence-electron chi connectivity index (χ4n) is 4.06. The van der Waals surface area contributed by atoms with E-state index in [9.17, 15) is 8.42 Å². The van der Waals surface area contributed by atoms with Crippen molar-refractivity contribution in [1.82, 2.24) is 14.3 Å². The molecule has 30 heavy (non-hydrogen) atoms. The molecule has 0 bridgehead atoms. The summed E-state index contributed by atoms with van der Waals surface area (Å²) >= 11 is 3.55. The van der Waals surface area contributed by atoms with Crippen molar-refractivity contribution in [1.29, 1.82) is 0 Å². The van der Waals surface area contributed by atoms with Crippen LogP contribution in [0.1, 0.15) is 16.8 Å². The highest BCUT2D eigenvalue weighted by Crippen LogP contribution is 2.32. The lowest BCUT2D eigenvalue weighted by Gasteiger charge is -2.31. The molecule has 0 spiro atoms. The maximum Gasteiger partial charge on any atom is 0.211 e. The van der Waals surface area contributed by atoms with Gasteiger partial charge in [0.15, 0.2) is 0 Å². The van der Waals surface area contributed by atoms with Gasteiger partial charge in [-0.1, -0.05) is 46.3 Å². The predicted octanol–water partition coefficient (Wildman–Crippen LogP) is 3.61. The molecular formula is C22H25BrN4O2S. The molecule has 3 aromatic rings. The van der Waals surface area contributed by atoms with Crippen molar-refractivity contribution >= 4 is 31.6 Å². The van der Waals surface area contributed by atoms with E-state index in [0.29, 0.717) is 19.5 Å². The summed E-state index contributed by atoms with van der Waals surface area (Å²) in [6.45, 7) is 1.77. The summed E-state index contributed by atoms with van der Waals surface area (Å²) in [6.07, 6.45) is 6.32. The normalized spacial score (nSPS) is 17.5. The number of sulfonamides is 1. The van der Waals surface area contributed by atoms with E-state index in [-0.39, 0.29) is 6.04 Å². The molecule has 0 amide bonds. The third-order valence-electron chi connectivity index (χ3n) is 5.49. The van der Waals surface area contributed by atoms with Gasteiger partial charge >= 0.3 is 0 Å². The Morgan fingerprint density at radius 1 is 1.20 bits per heavy atom. The molecule has 0 aliphatic carbocycles. The Hall–Kier alpha value is -2.16. The topological polar surface area (TPSA) is 69.3 Å². The highest BCUT2D eigenvalue weighted by Gasteiger charge is 2.33. The van der Waals surface area contributed by atoms with Crippen LogP contribution in [0.2, 0.25) is 0 Å². The van der Waals surface area contributed by atoms with Gasteiger partial charge in [-0.3, -0.25) is 0 Å². The molecule has 4 rings (SSSR count). The number of nitrogens with zero attached hydrogens (tertiary/aromatic N) is 3. The number of benzene rings is 2. The quantitative estimate of drug-likeness (QED) is 0.575. The second-order valence-electron chi connectivity index (χ2n) is 7.70. The van der Waals surface area contributed by atoms with Crippen LogP contribution in [0.5, 0.6) is 0 Å². The SMILES string of the molecule is CS(=O)(=O)N1Cc2cc(Br)ccc2N(CCc2cnc[nH]2)C[C@H]1Cc1ccccc1. The van der Waals surface area contributed by atoms with Crippen LogP contribution in [0.15, 0.2) is 65.5 Å². The minimum atomic E-state index is -3.38. The fraction of sp³-hybridized carbons (Fsp3) is 0.318. The summed E-state index contributed by atoms with van der Waals surface area (Å²) in [6, 6.07) is 16.1. The zero-order chi connectivity index (χ0) is 21.1. The number of hydrogen-bond acceptors (Lipinski definition) is 4. The molecule has 8 heteroatoms. The van der Waals surface area contributed by atoms with Crippen molar-refractivity contribution in [2.45, 2.75) is 25.4 Å². The lowest BCUT2D eigenvalue weighted by Crippen LogP contribution is -2.45. The largest absolute Gasteiger partial charge is 0.369 e. The molecule has 2 aromatic carbocycles. The second-order valence-corrected chi connectivity index (χ2v) is 10.5. The summed E-state index contributed by atoms with van der Waals surface area (Å²) in [5, 5.41) is 0. The number of H-pyrrole nitrogens is 1. The Bertz CT molecular complexity index is 1090. The van der Waals surface area contributed by atoms with Gasteiger partial charge in [0.25, 0.3) is 0 Å². The molecule has 0 saturated carbocycles. The first-order chi connectivity index (χ1) is 14.4. The first-order valence-electron chi connectivity index (χ1n) is 9.91. The Kier molecular flexibility index (Phi) is 6.26. The highest BCUT2D eigenvalue weighted by atomic mass is 79.9. The van der Waals surface area contributed by atoms with Gasteiger partial charge in [0.1, 0.15) is 0 Å². The van der Waals surface area contributed by atoms with Crippen LogP contribution < -0.4 is 4.90 Å². The van der Waals surface area contributed by atoms with Crippen molar-refractivity contribution in [2.75, 3.05) is 24.2 Å². The third kappa shape index (κ3) is 4.94. The number of hydrogen-bond donors (Lipinski definition) is 1. The van der Waals surface area contributed by atoms with Gasteiger partial charge in [-0.25, -0.2) is 13.4 Å². The standard InChI is InChI=1S/C22H25BrN4O2S/c1-30(28,29)27-14-18-12-19(23)7-8-22(18)26(10-9-20-13-24-16-25-20)15-21(27)11-17-5-3-2-4-6-17/h2-8,12-13,16,21H,9-11,14-15H2,1H3,(H,24,25)/t21-/m1/s1. The maximum atomic E-state index is 12.8. The van der Waals surface area contributed by atoms with Crippen molar-refractivity contribution < 1.29 is 8.42 Å². The first kappa shape index (κ1) is 21.1. The number of anilines is 1. The monoisotopic (exact) mass is 488 g/mol. The van der Waals surface area contributed by atoms with Crippen molar-refractivity contribution in [3.8, 4) is 0 Å². The van der Waals surface area contributed by atoms with E-state index in [1.54, 1.807) is 10.6 Å². The smallest absolute Gasteiger partial charge is 0.211 e. The number of aromatic amines is 1. The summed E-state index contributed by atoms with van der Waals surface area (Å²) in [5.74, 6) is 0. The van der Waals surface area contributed by atoms with E-state index in [1.165, 1.54) is 6.26 Å². The second kappa shape index (κ2) is 8.91. The van der Waals surface area contributed by atoms with Crippen molar-refractivity contribution in [2.24, 2.45) is 0 Å². The van der Waals surface area contributed by atoms with Crippen molar-refractivity contribution in [3.05, 3.63) is 82.3 Å². The van der Waals surface area contributed by atoms with Crippen LogP contribution in [0.25, 0.3) is 0 Å². The molecule has 1 aromatic heterocycles. The molecule has 6 nitrogen and oxygen atoms in total. The molecule has 0 unspecified atom stereocenters. The van der Waals surface area contributed by atoms with Crippen LogP contribution in [-0.2, 0) is 29.4 Å². The lowest BCUT2D eigenvalue weighted by molar-refractivity contribution is 0.320. The van der Waals surface area contributed by atoms with Gasteiger partial charge in [0, 0.05) is 54.1 Å². The molecule has 2 heterocycles. The van der Waals surface area contributed by atoms with E-state index in [1.807, 2.05) is 36.5 Å². The van der Waals surface area contributed by atoms with Crippen LogP contribution in [0.3, 0.4) is 0 Å². The maximum absolute atomic E-state index is 12.8. The zero-order valence-corrected chi connectivity index (χ0v) is 19.2. The molecule has 158 valence electrons.